The molecule has 1 aliphatic carbocycles. The highest BCUT2D eigenvalue weighted by molar-refractivity contribution is 9.10. The van der Waals surface area contributed by atoms with Crippen LogP contribution in [0.4, 0.5) is 0 Å². The number of fused-ring (bicyclic) bond motifs is 1. The maximum Gasteiger partial charge on any atom is 0.171 e. The highest BCUT2D eigenvalue weighted by Crippen LogP contribution is 2.43. The third kappa shape index (κ3) is 2.11. The van der Waals surface area contributed by atoms with Crippen molar-refractivity contribution in [3.8, 4) is 0 Å². The van der Waals surface area contributed by atoms with Gasteiger partial charge < -0.3 is 14.6 Å². The van der Waals surface area contributed by atoms with Crippen LogP contribution in [0.5, 0.6) is 0 Å². The number of hydrogen-bond donors (Lipinski definition) is 1. The van der Waals surface area contributed by atoms with E-state index in [0.29, 0.717) is 19.6 Å². The van der Waals surface area contributed by atoms with E-state index in [1.54, 1.807) is 0 Å². The van der Waals surface area contributed by atoms with Gasteiger partial charge in [-0.2, -0.15) is 0 Å². The largest absolute Gasteiger partial charge is 0.385 e. The zero-order valence-corrected chi connectivity index (χ0v) is 12.0. The van der Waals surface area contributed by atoms with Crippen LogP contribution in [-0.2, 0) is 21.5 Å². The first-order valence-electron chi connectivity index (χ1n) is 6.30. The molecule has 1 saturated heterocycles. The maximum absolute atomic E-state index is 10.8. The monoisotopic (exact) mass is 312 g/mol. The minimum atomic E-state index is -0.917. The second-order valence-corrected chi connectivity index (χ2v) is 6.28. The summed E-state index contributed by atoms with van der Waals surface area (Å²) in [5.74, 6) is -0.602. The van der Waals surface area contributed by atoms with E-state index >= 15 is 0 Å². The van der Waals surface area contributed by atoms with Crippen LogP contribution in [-0.4, -0.2) is 24.1 Å². The van der Waals surface area contributed by atoms with Crippen molar-refractivity contribution in [1.29, 1.82) is 0 Å². The molecular weight excluding hydrogens is 296 g/mol. The molecule has 1 atom stereocenters. The van der Waals surface area contributed by atoms with Gasteiger partial charge in [0, 0.05) is 17.3 Å². The Hall–Kier alpha value is -0.420. The normalized spacial score (nSPS) is 30.2. The summed E-state index contributed by atoms with van der Waals surface area (Å²) >= 11 is 3.47. The molecule has 0 radical (unpaired) electrons. The summed E-state index contributed by atoms with van der Waals surface area (Å²) in [6.45, 7) is 3.09. The highest BCUT2D eigenvalue weighted by atomic mass is 79.9. The Morgan fingerprint density at radius 1 is 1.28 bits per heavy atom. The minimum absolute atomic E-state index is 0.490. The van der Waals surface area contributed by atoms with Crippen LogP contribution in [0, 0.1) is 0 Å². The summed E-state index contributed by atoms with van der Waals surface area (Å²) in [5, 5.41) is 10.8. The lowest BCUT2D eigenvalue weighted by Crippen LogP contribution is -2.37. The van der Waals surface area contributed by atoms with Crippen molar-refractivity contribution in [2.75, 3.05) is 13.2 Å². The van der Waals surface area contributed by atoms with E-state index in [9.17, 15) is 5.11 Å². The Bertz CT molecular complexity index is 464. The minimum Gasteiger partial charge on any atom is -0.385 e. The van der Waals surface area contributed by atoms with Gasteiger partial charge >= 0.3 is 0 Å². The molecule has 1 unspecified atom stereocenters. The Kier molecular flexibility index (Phi) is 3.01. The molecular formula is C14H17BrO3. The molecule has 0 bridgehead atoms. The summed E-state index contributed by atoms with van der Waals surface area (Å²) in [5.41, 5.74) is 1.24. The van der Waals surface area contributed by atoms with Crippen molar-refractivity contribution in [3.05, 3.63) is 33.8 Å². The lowest BCUT2D eigenvalue weighted by Gasteiger charge is -2.32. The van der Waals surface area contributed by atoms with Gasteiger partial charge in [0.2, 0.25) is 0 Å². The molecule has 1 aromatic carbocycles. The molecule has 1 aromatic rings. The molecule has 4 heteroatoms. The predicted molar refractivity (Wildman–Crippen MR) is 71.3 cm³/mol. The van der Waals surface area contributed by atoms with Crippen LogP contribution in [0.25, 0.3) is 0 Å². The first-order valence-corrected chi connectivity index (χ1v) is 7.09. The SMILES string of the molecule is CC1(O)CC2(CCc3ccc(Br)cc31)OCCO2. The van der Waals surface area contributed by atoms with Crippen molar-refractivity contribution in [1.82, 2.24) is 0 Å². The summed E-state index contributed by atoms with van der Waals surface area (Å²) in [4.78, 5) is 0. The Morgan fingerprint density at radius 2 is 2.00 bits per heavy atom. The summed E-state index contributed by atoms with van der Waals surface area (Å²) < 4.78 is 12.5. The molecule has 1 spiro atoms. The number of benzene rings is 1. The fraction of sp³-hybridized carbons (Fsp3) is 0.571. The molecule has 3 rings (SSSR count). The molecule has 0 amide bonds. The van der Waals surface area contributed by atoms with E-state index in [1.807, 2.05) is 19.1 Å². The zero-order chi connectivity index (χ0) is 12.8. The number of aliphatic hydroxyl groups is 1. The van der Waals surface area contributed by atoms with Crippen LogP contribution in [0.15, 0.2) is 22.7 Å². The van der Waals surface area contributed by atoms with Gasteiger partial charge in [0.05, 0.1) is 18.8 Å². The molecule has 3 nitrogen and oxygen atoms in total. The van der Waals surface area contributed by atoms with Crippen LogP contribution in [0.3, 0.4) is 0 Å². The van der Waals surface area contributed by atoms with E-state index in [2.05, 4.69) is 22.0 Å². The summed E-state index contributed by atoms with van der Waals surface area (Å²) in [6, 6.07) is 6.09. The van der Waals surface area contributed by atoms with Crippen LogP contribution >= 0.6 is 15.9 Å². The Morgan fingerprint density at radius 3 is 2.72 bits per heavy atom. The van der Waals surface area contributed by atoms with Crippen molar-refractivity contribution < 1.29 is 14.6 Å². The van der Waals surface area contributed by atoms with E-state index in [4.69, 9.17) is 9.47 Å². The lowest BCUT2D eigenvalue weighted by atomic mass is 9.88. The van der Waals surface area contributed by atoms with Crippen molar-refractivity contribution in [2.45, 2.75) is 37.6 Å². The fourth-order valence-corrected chi connectivity index (χ4v) is 3.41. The first-order chi connectivity index (χ1) is 8.51. The molecule has 1 fully saturated rings. The quantitative estimate of drug-likeness (QED) is 0.800. The molecule has 1 N–H and O–H groups in total. The number of aryl methyl sites for hydroxylation is 1. The fourth-order valence-electron chi connectivity index (χ4n) is 3.04. The third-order valence-electron chi connectivity index (χ3n) is 3.85. The topological polar surface area (TPSA) is 38.7 Å². The smallest absolute Gasteiger partial charge is 0.171 e. The predicted octanol–water partition coefficient (Wildman–Crippen LogP) is 2.74. The molecule has 1 heterocycles. The lowest BCUT2D eigenvalue weighted by molar-refractivity contribution is -0.194. The standard InChI is InChI=1S/C14H17BrO3/c1-13(16)9-14(17-6-7-18-14)5-4-10-2-3-11(15)8-12(10)13/h2-3,8,16H,4-7,9H2,1H3. The first kappa shape index (κ1) is 12.6. The number of ether oxygens (including phenoxy) is 2. The van der Waals surface area contributed by atoms with Crippen LogP contribution in [0.1, 0.15) is 30.9 Å². The van der Waals surface area contributed by atoms with Gasteiger partial charge in [-0.1, -0.05) is 22.0 Å². The zero-order valence-electron chi connectivity index (χ0n) is 10.4. The van der Waals surface area contributed by atoms with Gasteiger partial charge in [0.15, 0.2) is 5.79 Å². The number of hydrogen-bond acceptors (Lipinski definition) is 3. The molecule has 0 saturated carbocycles. The summed E-state index contributed by atoms with van der Waals surface area (Å²) in [6.07, 6.45) is 2.17. The van der Waals surface area contributed by atoms with Gasteiger partial charge in [-0.25, -0.2) is 0 Å². The number of rotatable bonds is 0. The second kappa shape index (κ2) is 4.30. The van der Waals surface area contributed by atoms with Gasteiger partial charge in [0.1, 0.15) is 0 Å². The van der Waals surface area contributed by atoms with Gasteiger partial charge in [-0.15, -0.1) is 0 Å². The van der Waals surface area contributed by atoms with Gasteiger partial charge in [-0.05, 0) is 36.6 Å². The van der Waals surface area contributed by atoms with E-state index in [-0.39, 0.29) is 0 Å². The van der Waals surface area contributed by atoms with Crippen molar-refractivity contribution in [2.24, 2.45) is 0 Å². The van der Waals surface area contributed by atoms with Crippen LogP contribution in [0.2, 0.25) is 0 Å². The molecule has 98 valence electrons. The van der Waals surface area contributed by atoms with Crippen molar-refractivity contribution >= 4 is 15.9 Å². The molecule has 2 aliphatic rings. The second-order valence-electron chi connectivity index (χ2n) is 5.36. The van der Waals surface area contributed by atoms with E-state index in [0.717, 1.165) is 22.9 Å². The summed E-state index contributed by atoms with van der Waals surface area (Å²) in [7, 11) is 0. The molecule has 1 aliphatic heterocycles. The molecule has 18 heavy (non-hydrogen) atoms. The third-order valence-corrected chi connectivity index (χ3v) is 4.35. The van der Waals surface area contributed by atoms with Gasteiger partial charge in [0.25, 0.3) is 0 Å². The van der Waals surface area contributed by atoms with Gasteiger partial charge in [-0.3, -0.25) is 0 Å². The molecule has 0 aromatic heterocycles. The average Bonchev–Trinajstić information content (AvgIpc) is 2.71. The van der Waals surface area contributed by atoms with E-state index in [1.165, 1.54) is 5.56 Å². The average molecular weight is 313 g/mol. The maximum atomic E-state index is 10.8. The van der Waals surface area contributed by atoms with E-state index < -0.39 is 11.4 Å². The van der Waals surface area contributed by atoms with Crippen molar-refractivity contribution in [3.63, 3.8) is 0 Å². The Labute approximate surface area is 115 Å². The van der Waals surface area contributed by atoms with Crippen LogP contribution < -0.4 is 0 Å². The highest BCUT2D eigenvalue weighted by Gasteiger charge is 2.45. The number of halogens is 1. The Balaban J connectivity index is 2.02.